The minimum Gasteiger partial charge on any atom is -0.449 e. The van der Waals surface area contributed by atoms with E-state index in [1.54, 1.807) is 13.8 Å². The molecule has 9 heteroatoms. The molecule has 5 aliphatic rings. The second-order valence-electron chi connectivity index (χ2n) is 12.9. The largest absolute Gasteiger partial charge is 0.449 e. The third-order valence-electron chi connectivity index (χ3n) is 11.1. The highest BCUT2D eigenvalue weighted by Crippen LogP contribution is 2.72. The molecule has 4 fully saturated rings. The second kappa shape index (κ2) is 8.95. The number of fused-ring (bicyclic) bond motifs is 5. The van der Waals surface area contributed by atoms with Gasteiger partial charge in [0.05, 0.1) is 11.5 Å². The summed E-state index contributed by atoms with van der Waals surface area (Å²) in [6, 6.07) is -1.01. The van der Waals surface area contributed by atoms with Crippen LogP contribution in [0.1, 0.15) is 72.6 Å². The average molecular weight is 555 g/mol. The van der Waals surface area contributed by atoms with E-state index in [1.807, 2.05) is 6.92 Å². The van der Waals surface area contributed by atoms with E-state index < -0.39 is 80.4 Å². The predicted octanol–water partition coefficient (Wildman–Crippen LogP) is 5.60. The van der Waals surface area contributed by atoms with Gasteiger partial charge >= 0.3 is 5.97 Å². The van der Waals surface area contributed by atoms with E-state index in [9.17, 15) is 23.9 Å². The van der Waals surface area contributed by atoms with E-state index in [0.717, 1.165) is 18.9 Å². The average Bonchev–Trinajstić information content (AvgIpc) is 3.39. The van der Waals surface area contributed by atoms with Crippen LogP contribution in [0.25, 0.3) is 0 Å². The maximum atomic E-state index is 17.5. The van der Waals surface area contributed by atoms with Gasteiger partial charge in [-0.1, -0.05) is 32.8 Å². The summed E-state index contributed by atoms with van der Waals surface area (Å²) in [4.78, 5) is 39.4. The molecule has 9 atom stereocenters. The van der Waals surface area contributed by atoms with Crippen molar-refractivity contribution >= 4 is 28.6 Å². The number of carbonyl (C=O) groups is 3. The molecule has 0 aromatic heterocycles. The van der Waals surface area contributed by atoms with Crippen LogP contribution in [-0.2, 0) is 19.1 Å². The Kier molecular flexibility index (Phi) is 6.58. The van der Waals surface area contributed by atoms with Gasteiger partial charge in [0.2, 0.25) is 5.12 Å². The molecule has 0 spiro atoms. The fourth-order valence-corrected chi connectivity index (χ4v) is 9.79. The first kappa shape index (κ1) is 27.9. The van der Waals surface area contributed by atoms with E-state index >= 15 is 8.78 Å². The zero-order valence-electron chi connectivity index (χ0n) is 22.4. The Morgan fingerprint density at radius 1 is 1.16 bits per heavy atom. The molecule has 0 heterocycles. The third-order valence-corrected chi connectivity index (χ3v) is 11.8. The summed E-state index contributed by atoms with van der Waals surface area (Å²) in [5.74, 6) is -3.19. The number of carbonyl (C=O) groups excluding carboxylic acids is 3. The molecule has 4 saturated carbocycles. The number of ketones is 1. The lowest BCUT2D eigenvalue weighted by Gasteiger charge is -2.63. The van der Waals surface area contributed by atoms with Crippen molar-refractivity contribution in [2.45, 2.75) is 96.2 Å². The Balaban J connectivity index is 1.62. The smallest absolute Gasteiger partial charge is 0.312 e. The molecule has 38 heavy (non-hydrogen) atoms. The lowest BCUT2D eigenvalue weighted by molar-refractivity contribution is -0.231. The number of esters is 1. The number of aliphatic hydroxyl groups is 1. The molecule has 0 radical (unpaired) electrons. The van der Waals surface area contributed by atoms with E-state index in [2.05, 4.69) is 0 Å². The first-order valence-electron chi connectivity index (χ1n) is 13.6. The maximum Gasteiger partial charge on any atom is 0.312 e. The van der Waals surface area contributed by atoms with Crippen molar-refractivity contribution in [2.24, 2.45) is 34.0 Å². The molecule has 5 rings (SSSR count). The van der Waals surface area contributed by atoms with Crippen LogP contribution in [0.4, 0.5) is 13.2 Å². The highest BCUT2D eigenvalue weighted by atomic mass is 32.2. The minimum atomic E-state index is -2.31. The van der Waals surface area contributed by atoms with Crippen molar-refractivity contribution in [1.82, 2.24) is 0 Å². The number of rotatable bonds is 4. The van der Waals surface area contributed by atoms with E-state index in [0.29, 0.717) is 24.6 Å². The first-order valence-corrected chi connectivity index (χ1v) is 14.6. The minimum absolute atomic E-state index is 0.0216. The number of allylic oxidation sites excluding steroid dienone is 4. The summed E-state index contributed by atoms with van der Waals surface area (Å²) in [6.07, 6.45) is 3.17. The topological polar surface area (TPSA) is 80.7 Å². The van der Waals surface area contributed by atoms with Crippen molar-refractivity contribution < 1.29 is 37.4 Å². The molecule has 5 nitrogen and oxygen atoms in total. The van der Waals surface area contributed by atoms with Gasteiger partial charge in [-0.15, -0.1) is 0 Å². The van der Waals surface area contributed by atoms with Crippen LogP contribution in [0.15, 0.2) is 23.8 Å². The molecule has 5 aliphatic carbocycles. The SMILES string of the molecule is CC1C[C@H]2[C@@H]3CC(F)C4=CC(=O)C=C[C@]4(C)C3(F)C(O)C[C@]2(C)C1(OC(=O)C1(C)CCCC1)C(=O)SCF. The van der Waals surface area contributed by atoms with Crippen LogP contribution in [-0.4, -0.2) is 51.5 Å². The summed E-state index contributed by atoms with van der Waals surface area (Å²) in [7, 11) is 0. The highest BCUT2D eigenvalue weighted by Gasteiger charge is 2.78. The summed E-state index contributed by atoms with van der Waals surface area (Å²) in [6.45, 7) is 6.79. The van der Waals surface area contributed by atoms with Crippen LogP contribution in [0, 0.1) is 34.0 Å². The van der Waals surface area contributed by atoms with Gasteiger partial charge in [-0.2, -0.15) is 0 Å². The molecule has 0 saturated heterocycles. The summed E-state index contributed by atoms with van der Waals surface area (Å²) < 4.78 is 53.0. The number of aliphatic hydroxyl groups excluding tert-OH is 1. The standard InChI is InChI=1S/C29H37F3O5S/c1-16-11-18-19-13-21(31)20-12-17(33)7-10-26(20,3)28(19,32)22(34)14-27(18,4)29(16,24(36)38-15-30)37-23(35)25(2)8-5-6-9-25/h7,10,12,16,18-19,21-22,34H,5-6,8-9,11,13-15H2,1-4H3/t16?,18-,19-,21?,22?,26-,27-,28?,29?/m0/s1. The molecule has 0 aliphatic heterocycles. The fourth-order valence-electron chi connectivity index (χ4n) is 9.00. The number of alkyl halides is 3. The molecule has 0 aromatic carbocycles. The Morgan fingerprint density at radius 3 is 2.45 bits per heavy atom. The Bertz CT molecular complexity index is 1120. The van der Waals surface area contributed by atoms with E-state index in [-0.39, 0.29) is 24.8 Å². The second-order valence-corrected chi connectivity index (χ2v) is 13.8. The van der Waals surface area contributed by atoms with Crippen molar-refractivity contribution in [3.63, 3.8) is 0 Å². The number of hydrogen-bond acceptors (Lipinski definition) is 6. The molecule has 0 aromatic rings. The van der Waals surface area contributed by atoms with Gasteiger partial charge in [-0.25, -0.2) is 13.2 Å². The zero-order chi connectivity index (χ0) is 27.9. The van der Waals surface area contributed by atoms with Crippen molar-refractivity contribution in [1.29, 1.82) is 0 Å². The van der Waals surface area contributed by atoms with Crippen LogP contribution >= 0.6 is 11.8 Å². The number of thioether (sulfide) groups is 1. The number of halogens is 3. The summed E-state index contributed by atoms with van der Waals surface area (Å²) in [5, 5.41) is 10.9. The molecule has 0 amide bonds. The number of hydrogen-bond donors (Lipinski definition) is 1. The van der Waals surface area contributed by atoms with Crippen LogP contribution in [0.2, 0.25) is 0 Å². The number of ether oxygens (including phenoxy) is 1. The van der Waals surface area contributed by atoms with E-state index in [1.165, 1.54) is 19.1 Å². The molecular weight excluding hydrogens is 517 g/mol. The molecule has 5 unspecified atom stereocenters. The van der Waals surface area contributed by atoms with Gasteiger partial charge < -0.3 is 9.84 Å². The predicted molar refractivity (Wildman–Crippen MR) is 137 cm³/mol. The van der Waals surface area contributed by atoms with Crippen LogP contribution < -0.4 is 0 Å². The van der Waals surface area contributed by atoms with Gasteiger partial charge in [0, 0.05) is 22.7 Å². The maximum absolute atomic E-state index is 17.5. The lowest BCUT2D eigenvalue weighted by atomic mass is 9.44. The van der Waals surface area contributed by atoms with Crippen LogP contribution in [0.5, 0.6) is 0 Å². The molecule has 0 bridgehead atoms. The normalized spacial score (nSPS) is 47.1. The van der Waals surface area contributed by atoms with Gasteiger partial charge in [0.1, 0.15) is 12.2 Å². The molecule has 1 N–H and O–H groups in total. The van der Waals surface area contributed by atoms with Gasteiger partial charge in [0.25, 0.3) is 0 Å². The first-order chi connectivity index (χ1) is 17.7. The monoisotopic (exact) mass is 554 g/mol. The van der Waals surface area contributed by atoms with E-state index in [4.69, 9.17) is 4.74 Å². The summed E-state index contributed by atoms with van der Waals surface area (Å²) >= 11 is 0.427. The summed E-state index contributed by atoms with van der Waals surface area (Å²) in [5.41, 5.74) is -7.66. The molecule has 210 valence electrons. The third kappa shape index (κ3) is 3.39. The quantitative estimate of drug-likeness (QED) is 0.456. The van der Waals surface area contributed by atoms with Crippen molar-refractivity contribution in [2.75, 3.05) is 6.01 Å². The Labute approximate surface area is 226 Å². The fraction of sp³-hybridized carbons (Fsp3) is 0.759. The van der Waals surface area contributed by atoms with Gasteiger partial charge in [0.15, 0.2) is 17.1 Å². The molecular formula is C29H37F3O5S. The van der Waals surface area contributed by atoms with Gasteiger partial charge in [-0.3, -0.25) is 14.4 Å². The Morgan fingerprint density at radius 2 is 1.82 bits per heavy atom. The van der Waals surface area contributed by atoms with Crippen molar-refractivity contribution in [3.8, 4) is 0 Å². The van der Waals surface area contributed by atoms with Gasteiger partial charge in [-0.05, 0) is 81.4 Å². The van der Waals surface area contributed by atoms with Crippen molar-refractivity contribution in [3.05, 3.63) is 23.8 Å². The van der Waals surface area contributed by atoms with Crippen LogP contribution in [0.3, 0.4) is 0 Å². The Hall–Kier alpha value is -1.61. The highest BCUT2D eigenvalue weighted by molar-refractivity contribution is 8.13. The zero-order valence-corrected chi connectivity index (χ0v) is 23.2. The lowest BCUT2D eigenvalue weighted by Crippen LogP contribution is -2.71.